The Bertz CT molecular complexity index is 624. The molecule has 164 valence electrons. The van der Waals surface area contributed by atoms with E-state index in [4.69, 9.17) is 21.4 Å². The van der Waals surface area contributed by atoms with Crippen LogP contribution in [0.3, 0.4) is 0 Å². The topological polar surface area (TPSA) is 162 Å². The number of ketones is 1. The van der Waals surface area contributed by atoms with E-state index >= 15 is 0 Å². The van der Waals surface area contributed by atoms with Crippen LogP contribution in [0.15, 0.2) is 0 Å². The summed E-state index contributed by atoms with van der Waals surface area (Å²) in [4.78, 5) is 54.0. The predicted molar refractivity (Wildman–Crippen MR) is 104 cm³/mol. The number of hydroxylamine groups is 1. The average molecular weight is 411 g/mol. The van der Waals surface area contributed by atoms with Crippen LogP contribution in [0.5, 0.6) is 0 Å². The zero-order valence-electron chi connectivity index (χ0n) is 16.9. The molecule has 0 aliphatic heterocycles. The van der Waals surface area contributed by atoms with Crippen molar-refractivity contribution in [2.45, 2.75) is 83.1 Å². The molecule has 0 aromatic heterocycles. The number of hydrogen-bond acceptors (Lipinski definition) is 7. The molecule has 0 unspecified atom stereocenters. The lowest BCUT2D eigenvalue weighted by atomic mass is 9.68. The molecule has 2 rings (SSSR count). The lowest BCUT2D eigenvalue weighted by molar-refractivity contribution is -0.168. The highest BCUT2D eigenvalue weighted by Gasteiger charge is 2.49. The van der Waals surface area contributed by atoms with E-state index in [1.165, 1.54) is 0 Å². The molecular weight excluding hydrogens is 378 g/mol. The first kappa shape index (κ1) is 23.3. The van der Waals surface area contributed by atoms with E-state index in [0.717, 1.165) is 38.5 Å². The molecule has 0 saturated heterocycles. The van der Waals surface area contributed by atoms with E-state index in [0.29, 0.717) is 19.4 Å². The van der Waals surface area contributed by atoms with Crippen LogP contribution in [-0.2, 0) is 24.0 Å². The van der Waals surface area contributed by atoms with Crippen molar-refractivity contribution in [1.29, 1.82) is 0 Å². The number of carboxylic acids is 1. The monoisotopic (exact) mass is 411 g/mol. The maximum atomic E-state index is 12.9. The lowest BCUT2D eigenvalue weighted by Crippen LogP contribution is -2.54. The van der Waals surface area contributed by atoms with Gasteiger partial charge in [0.25, 0.3) is 5.91 Å². The standard InChI is InChI=1S/C20H33N3O6/c21-13-19(7-3-1-4-8-19)12-16(26)29-23-18(28)20(9-5-2-6-10-20)17(27)14(22)11-15(24)25/h14H,1-13,21-22H2,(H,23,28)(H,24,25)/t14-/m0/s1. The Labute approximate surface area is 170 Å². The number of Topliss-reactive ketones (excluding diaryl/α,β-unsaturated/α-hetero) is 1. The minimum Gasteiger partial charge on any atom is -0.481 e. The third-order valence-corrected chi connectivity index (χ3v) is 6.47. The van der Waals surface area contributed by atoms with Crippen molar-refractivity contribution in [1.82, 2.24) is 5.48 Å². The Morgan fingerprint density at radius 1 is 0.966 bits per heavy atom. The second kappa shape index (κ2) is 10.2. The number of hydrogen-bond donors (Lipinski definition) is 4. The van der Waals surface area contributed by atoms with Crippen LogP contribution in [0.1, 0.15) is 77.0 Å². The predicted octanol–water partition coefficient (Wildman–Crippen LogP) is 1.18. The van der Waals surface area contributed by atoms with Crippen LogP contribution >= 0.6 is 0 Å². The Morgan fingerprint density at radius 3 is 2.03 bits per heavy atom. The van der Waals surface area contributed by atoms with Crippen LogP contribution in [0, 0.1) is 10.8 Å². The molecule has 0 radical (unpaired) electrons. The van der Waals surface area contributed by atoms with Crippen LogP contribution < -0.4 is 16.9 Å². The summed E-state index contributed by atoms with van der Waals surface area (Å²) in [6.07, 6.45) is 7.07. The molecule has 0 heterocycles. The average Bonchev–Trinajstić information content (AvgIpc) is 2.72. The van der Waals surface area contributed by atoms with E-state index in [-0.39, 0.29) is 24.7 Å². The number of carbonyl (C=O) groups is 4. The number of carboxylic acid groups (broad SMARTS) is 1. The molecule has 1 atom stereocenters. The fourth-order valence-corrected chi connectivity index (χ4v) is 4.67. The summed E-state index contributed by atoms with van der Waals surface area (Å²) in [5, 5.41) is 8.92. The smallest absolute Gasteiger partial charge is 0.332 e. The molecule has 9 nitrogen and oxygen atoms in total. The van der Waals surface area contributed by atoms with Crippen molar-refractivity contribution in [3.05, 3.63) is 0 Å². The van der Waals surface area contributed by atoms with Gasteiger partial charge in [0.05, 0.1) is 18.9 Å². The summed E-state index contributed by atoms with van der Waals surface area (Å²) in [5.74, 6) is -3.12. The molecule has 0 aromatic rings. The van der Waals surface area contributed by atoms with E-state index in [1.807, 2.05) is 0 Å². The van der Waals surface area contributed by atoms with Crippen LogP contribution in [0.2, 0.25) is 0 Å². The molecule has 29 heavy (non-hydrogen) atoms. The van der Waals surface area contributed by atoms with Crippen LogP contribution in [0.25, 0.3) is 0 Å². The van der Waals surface area contributed by atoms with Gasteiger partial charge in [-0.25, -0.2) is 4.79 Å². The highest BCUT2D eigenvalue weighted by atomic mass is 16.7. The molecular formula is C20H33N3O6. The summed E-state index contributed by atoms with van der Waals surface area (Å²) >= 11 is 0. The molecule has 2 aliphatic carbocycles. The van der Waals surface area contributed by atoms with Gasteiger partial charge in [0.1, 0.15) is 5.41 Å². The molecule has 2 fully saturated rings. The van der Waals surface area contributed by atoms with E-state index in [9.17, 15) is 19.2 Å². The fourth-order valence-electron chi connectivity index (χ4n) is 4.67. The minimum absolute atomic E-state index is 0.114. The van der Waals surface area contributed by atoms with Gasteiger partial charge in [-0.3, -0.25) is 14.4 Å². The van der Waals surface area contributed by atoms with Gasteiger partial charge in [-0.15, -0.1) is 0 Å². The quantitative estimate of drug-likeness (QED) is 0.342. The number of nitrogens with one attached hydrogen (secondary N) is 1. The lowest BCUT2D eigenvalue weighted by Gasteiger charge is -2.36. The third-order valence-electron chi connectivity index (χ3n) is 6.47. The second-order valence-electron chi connectivity index (χ2n) is 8.56. The van der Waals surface area contributed by atoms with Gasteiger partial charge >= 0.3 is 11.9 Å². The minimum atomic E-state index is -1.45. The highest BCUT2D eigenvalue weighted by molar-refractivity contribution is 6.09. The van der Waals surface area contributed by atoms with Gasteiger partial charge in [-0.05, 0) is 37.6 Å². The van der Waals surface area contributed by atoms with Crippen LogP contribution in [0.4, 0.5) is 0 Å². The van der Waals surface area contributed by atoms with Crippen molar-refractivity contribution in [2.24, 2.45) is 22.3 Å². The zero-order chi connectivity index (χ0) is 21.5. The maximum absolute atomic E-state index is 12.9. The van der Waals surface area contributed by atoms with Crippen molar-refractivity contribution in [3.63, 3.8) is 0 Å². The molecule has 2 saturated carbocycles. The molecule has 9 heteroatoms. The van der Waals surface area contributed by atoms with Crippen molar-refractivity contribution in [3.8, 4) is 0 Å². The fraction of sp³-hybridized carbons (Fsp3) is 0.800. The van der Waals surface area contributed by atoms with E-state index in [1.54, 1.807) is 0 Å². The summed E-state index contributed by atoms with van der Waals surface area (Å²) in [5.41, 5.74) is 12.0. The van der Waals surface area contributed by atoms with E-state index < -0.39 is 41.5 Å². The first-order valence-electron chi connectivity index (χ1n) is 10.5. The number of carbonyl (C=O) groups excluding carboxylic acids is 3. The maximum Gasteiger partial charge on any atom is 0.332 e. The Kier molecular flexibility index (Phi) is 8.15. The van der Waals surface area contributed by atoms with E-state index in [2.05, 4.69) is 5.48 Å². The van der Waals surface area contributed by atoms with Gasteiger partial charge in [0.15, 0.2) is 5.78 Å². The molecule has 2 aliphatic rings. The zero-order valence-corrected chi connectivity index (χ0v) is 16.9. The number of rotatable bonds is 8. The molecule has 0 spiro atoms. The Morgan fingerprint density at radius 2 is 1.52 bits per heavy atom. The van der Waals surface area contributed by atoms with Gasteiger partial charge in [-0.1, -0.05) is 38.5 Å². The number of amides is 1. The molecule has 0 bridgehead atoms. The Balaban J connectivity index is 2.01. The summed E-state index contributed by atoms with van der Waals surface area (Å²) < 4.78 is 0. The second-order valence-corrected chi connectivity index (χ2v) is 8.56. The highest BCUT2D eigenvalue weighted by Crippen LogP contribution is 2.40. The number of nitrogens with two attached hydrogens (primary N) is 2. The molecule has 1 amide bonds. The van der Waals surface area contributed by atoms with Gasteiger partial charge in [0.2, 0.25) is 0 Å². The van der Waals surface area contributed by atoms with Crippen molar-refractivity contribution >= 4 is 23.6 Å². The van der Waals surface area contributed by atoms with Crippen LogP contribution in [-0.4, -0.2) is 41.3 Å². The summed E-state index contributed by atoms with van der Waals surface area (Å²) in [6, 6.07) is -1.28. The Hall–Kier alpha value is -2.00. The number of aliphatic carboxylic acids is 1. The third kappa shape index (κ3) is 5.76. The molecule has 6 N–H and O–H groups in total. The van der Waals surface area contributed by atoms with Crippen molar-refractivity contribution < 1.29 is 29.1 Å². The van der Waals surface area contributed by atoms with Gasteiger partial charge < -0.3 is 21.4 Å². The summed E-state index contributed by atoms with van der Waals surface area (Å²) in [7, 11) is 0. The van der Waals surface area contributed by atoms with Gasteiger partial charge in [0, 0.05) is 0 Å². The van der Waals surface area contributed by atoms with Crippen molar-refractivity contribution in [2.75, 3.05) is 6.54 Å². The van der Waals surface area contributed by atoms with Gasteiger partial charge in [-0.2, -0.15) is 5.48 Å². The first-order valence-corrected chi connectivity index (χ1v) is 10.5. The summed E-state index contributed by atoms with van der Waals surface area (Å²) in [6.45, 7) is 0.377. The normalized spacial score (nSPS) is 21.6. The largest absolute Gasteiger partial charge is 0.481 e. The molecule has 0 aromatic carbocycles. The SMILES string of the molecule is NCC1(CC(=O)ONC(=O)C2(C(=O)[C@@H](N)CC(=O)O)CCCCC2)CCCCC1. The first-order chi connectivity index (χ1) is 13.7.